The largest absolute Gasteiger partial charge is 0.493 e. The van der Waals surface area contributed by atoms with Crippen molar-refractivity contribution < 1.29 is 19.0 Å². The van der Waals surface area contributed by atoms with E-state index >= 15 is 0 Å². The summed E-state index contributed by atoms with van der Waals surface area (Å²) in [4.78, 5) is 32.3. The number of nitrogens with zero attached hydrogens (tertiary/aromatic N) is 2. The number of carbonyl (C=O) groups excluding carboxylic acids is 1. The molecule has 0 N–H and O–H groups in total. The molecule has 2 aromatic heterocycles. The Balaban J connectivity index is 1.90. The van der Waals surface area contributed by atoms with Gasteiger partial charge in [-0.1, -0.05) is 23.5 Å². The summed E-state index contributed by atoms with van der Waals surface area (Å²) < 4.78 is 18.0. The van der Waals surface area contributed by atoms with Gasteiger partial charge in [0.2, 0.25) is 0 Å². The second kappa shape index (κ2) is 9.13. The minimum atomic E-state index is -0.571. The molecule has 0 saturated carbocycles. The molecule has 32 heavy (non-hydrogen) atoms. The summed E-state index contributed by atoms with van der Waals surface area (Å²) in [6, 6.07) is 8.70. The molecule has 0 fully saturated rings. The van der Waals surface area contributed by atoms with E-state index in [2.05, 4.69) is 4.99 Å². The lowest BCUT2D eigenvalue weighted by molar-refractivity contribution is -0.139. The van der Waals surface area contributed by atoms with E-state index in [0.29, 0.717) is 32.1 Å². The second-order valence-electron chi connectivity index (χ2n) is 6.93. The van der Waals surface area contributed by atoms with Gasteiger partial charge in [0.1, 0.15) is 6.04 Å². The lowest BCUT2D eigenvalue weighted by Gasteiger charge is -2.23. The Kier molecular flexibility index (Phi) is 6.29. The first-order chi connectivity index (χ1) is 15.5. The van der Waals surface area contributed by atoms with Gasteiger partial charge in [0, 0.05) is 4.88 Å². The number of carbonyl (C=O) groups is 1. The molecule has 0 unspecified atom stereocenters. The van der Waals surface area contributed by atoms with E-state index in [1.54, 1.807) is 44.8 Å². The monoisotopic (exact) mass is 470 g/mol. The second-order valence-corrected chi connectivity index (χ2v) is 8.92. The molecule has 0 saturated heterocycles. The third-order valence-corrected chi connectivity index (χ3v) is 6.94. The fraction of sp³-hybridized carbons (Fsp3) is 0.261. The summed E-state index contributed by atoms with van der Waals surface area (Å²) in [5.74, 6) is 0.728. The number of hydrogen-bond donors (Lipinski definition) is 0. The van der Waals surface area contributed by atoms with Gasteiger partial charge in [-0.15, -0.1) is 11.3 Å². The van der Waals surface area contributed by atoms with Crippen LogP contribution in [0.2, 0.25) is 0 Å². The van der Waals surface area contributed by atoms with Crippen LogP contribution >= 0.6 is 22.7 Å². The summed E-state index contributed by atoms with van der Waals surface area (Å²) in [5.41, 5.74) is 1.53. The molecular formula is C23H22N2O5S2. The van der Waals surface area contributed by atoms with E-state index in [9.17, 15) is 9.59 Å². The minimum absolute atomic E-state index is 0.212. The van der Waals surface area contributed by atoms with E-state index in [1.165, 1.54) is 22.7 Å². The van der Waals surface area contributed by atoms with Crippen LogP contribution in [0.1, 0.15) is 30.3 Å². The number of allylic oxidation sites excluding steroid dienone is 1. The molecular weight excluding hydrogens is 448 g/mol. The summed E-state index contributed by atoms with van der Waals surface area (Å²) in [7, 11) is 3.14. The van der Waals surface area contributed by atoms with Gasteiger partial charge in [-0.3, -0.25) is 9.36 Å². The summed E-state index contributed by atoms with van der Waals surface area (Å²) in [6.45, 7) is 3.78. The van der Waals surface area contributed by atoms with E-state index in [-0.39, 0.29) is 12.2 Å². The highest BCUT2D eigenvalue weighted by Crippen LogP contribution is 2.33. The molecule has 3 heterocycles. The highest BCUT2D eigenvalue weighted by atomic mass is 32.1. The van der Waals surface area contributed by atoms with Crippen molar-refractivity contribution in [2.24, 2.45) is 4.99 Å². The van der Waals surface area contributed by atoms with E-state index < -0.39 is 12.0 Å². The number of aromatic nitrogens is 1. The zero-order valence-corrected chi connectivity index (χ0v) is 19.7. The van der Waals surface area contributed by atoms with Crippen molar-refractivity contribution in [2.45, 2.75) is 19.9 Å². The fourth-order valence-corrected chi connectivity index (χ4v) is 5.47. The zero-order chi connectivity index (χ0) is 22.8. The summed E-state index contributed by atoms with van der Waals surface area (Å²) >= 11 is 2.77. The van der Waals surface area contributed by atoms with Gasteiger partial charge in [0.05, 0.1) is 36.6 Å². The van der Waals surface area contributed by atoms with Crippen LogP contribution < -0.4 is 24.4 Å². The van der Waals surface area contributed by atoms with Crippen LogP contribution in [0.25, 0.3) is 6.08 Å². The number of thiophene rings is 1. The first-order valence-electron chi connectivity index (χ1n) is 9.93. The molecule has 0 spiro atoms. The van der Waals surface area contributed by atoms with Crippen molar-refractivity contribution in [1.82, 2.24) is 4.57 Å². The lowest BCUT2D eigenvalue weighted by atomic mass is 10.0. The van der Waals surface area contributed by atoms with Crippen LogP contribution in [0.5, 0.6) is 11.5 Å². The van der Waals surface area contributed by atoms with Gasteiger partial charge in [0.25, 0.3) is 5.56 Å². The van der Waals surface area contributed by atoms with E-state index in [4.69, 9.17) is 14.2 Å². The first-order valence-corrected chi connectivity index (χ1v) is 11.6. The number of fused-ring (bicyclic) bond motifs is 1. The van der Waals surface area contributed by atoms with Crippen molar-refractivity contribution in [1.29, 1.82) is 0 Å². The average Bonchev–Trinajstić information content (AvgIpc) is 3.41. The molecule has 0 radical (unpaired) electrons. The topological polar surface area (TPSA) is 79.1 Å². The molecule has 0 amide bonds. The molecule has 0 aliphatic carbocycles. The predicted octanol–water partition coefficient (Wildman–Crippen LogP) is 2.88. The summed E-state index contributed by atoms with van der Waals surface area (Å²) in [6.07, 6.45) is 1.79. The Bertz CT molecular complexity index is 1370. The van der Waals surface area contributed by atoms with Gasteiger partial charge in [0.15, 0.2) is 16.3 Å². The maximum atomic E-state index is 13.5. The van der Waals surface area contributed by atoms with E-state index in [1.807, 2.05) is 29.6 Å². The van der Waals surface area contributed by atoms with E-state index in [0.717, 1.165) is 10.4 Å². The normalized spacial score (nSPS) is 15.9. The molecule has 0 bridgehead atoms. The third-order valence-electron chi connectivity index (χ3n) is 5.04. The minimum Gasteiger partial charge on any atom is -0.493 e. The number of thiazole rings is 1. The van der Waals surface area contributed by atoms with Gasteiger partial charge >= 0.3 is 5.97 Å². The highest BCUT2D eigenvalue weighted by molar-refractivity contribution is 7.10. The number of rotatable bonds is 6. The Morgan fingerprint density at radius 3 is 2.66 bits per heavy atom. The van der Waals surface area contributed by atoms with Crippen molar-refractivity contribution in [3.05, 3.63) is 77.1 Å². The third kappa shape index (κ3) is 3.89. The molecule has 1 aromatic carbocycles. The molecule has 1 aliphatic rings. The van der Waals surface area contributed by atoms with Crippen molar-refractivity contribution >= 4 is 34.7 Å². The Labute approximate surface area is 192 Å². The number of esters is 1. The lowest BCUT2D eigenvalue weighted by Crippen LogP contribution is -2.39. The van der Waals surface area contributed by atoms with Gasteiger partial charge in [-0.2, -0.15) is 0 Å². The van der Waals surface area contributed by atoms with Crippen LogP contribution in [-0.2, 0) is 9.53 Å². The number of methoxy groups -OCH3 is 2. The molecule has 3 aromatic rings. The van der Waals surface area contributed by atoms with Crippen molar-refractivity contribution in [2.75, 3.05) is 20.8 Å². The van der Waals surface area contributed by atoms with Gasteiger partial charge in [-0.25, -0.2) is 9.79 Å². The van der Waals surface area contributed by atoms with Crippen LogP contribution in [0.3, 0.4) is 0 Å². The first kappa shape index (κ1) is 22.0. The molecule has 1 atom stereocenters. The molecule has 166 valence electrons. The van der Waals surface area contributed by atoms with Crippen LogP contribution in [-0.4, -0.2) is 31.4 Å². The molecule has 9 heteroatoms. The smallest absolute Gasteiger partial charge is 0.338 e. The molecule has 7 nitrogen and oxygen atoms in total. The number of ether oxygens (including phenoxy) is 3. The molecule has 1 aliphatic heterocycles. The predicted molar refractivity (Wildman–Crippen MR) is 124 cm³/mol. The zero-order valence-electron chi connectivity index (χ0n) is 18.1. The molecule has 4 rings (SSSR count). The van der Waals surface area contributed by atoms with Crippen molar-refractivity contribution in [3.8, 4) is 11.5 Å². The SMILES string of the molecule is CCOC(=O)C1=C(C)N=c2s/c(=C\c3ccc(OC)c(OC)c3)c(=O)n2[C@H]1c1cccs1. The van der Waals surface area contributed by atoms with Gasteiger partial charge < -0.3 is 14.2 Å². The average molecular weight is 471 g/mol. The van der Waals surface area contributed by atoms with Crippen LogP contribution in [0, 0.1) is 0 Å². The maximum Gasteiger partial charge on any atom is 0.338 e. The van der Waals surface area contributed by atoms with Crippen LogP contribution in [0.15, 0.2) is 56.8 Å². The maximum absolute atomic E-state index is 13.5. The number of benzene rings is 1. The Morgan fingerprint density at radius 2 is 2.00 bits per heavy atom. The quantitative estimate of drug-likeness (QED) is 0.518. The highest BCUT2D eigenvalue weighted by Gasteiger charge is 2.33. The van der Waals surface area contributed by atoms with Gasteiger partial charge in [-0.05, 0) is 49.1 Å². The Morgan fingerprint density at radius 1 is 1.22 bits per heavy atom. The number of hydrogen-bond acceptors (Lipinski definition) is 8. The van der Waals surface area contributed by atoms with Crippen LogP contribution in [0.4, 0.5) is 0 Å². The fourth-order valence-electron chi connectivity index (χ4n) is 3.60. The Hall–Kier alpha value is -3.17. The van der Waals surface area contributed by atoms with Crippen molar-refractivity contribution in [3.63, 3.8) is 0 Å². The summed E-state index contributed by atoms with van der Waals surface area (Å²) in [5, 5.41) is 1.92. The standard InChI is InChI=1S/C23H22N2O5S2/c1-5-30-22(27)19-13(2)24-23-25(20(19)17-7-6-10-31-17)21(26)18(32-23)12-14-8-9-15(28-3)16(11-14)29-4/h6-12,20H,5H2,1-4H3/b18-12-/t20-/m0/s1.